The van der Waals surface area contributed by atoms with Gasteiger partial charge >= 0.3 is 5.97 Å². The molecule has 1 N–H and O–H groups in total. The highest BCUT2D eigenvalue weighted by atomic mass is 16.6. The molecule has 0 aliphatic rings. The number of oxazole rings is 1. The van der Waals surface area contributed by atoms with Crippen molar-refractivity contribution in [3.63, 3.8) is 0 Å². The summed E-state index contributed by atoms with van der Waals surface area (Å²) in [4.78, 5) is 18.1. The molecule has 1 heterocycles. The van der Waals surface area contributed by atoms with Gasteiger partial charge in [0.1, 0.15) is 22.8 Å². The van der Waals surface area contributed by atoms with Crippen molar-refractivity contribution in [3.05, 3.63) is 29.7 Å². The fourth-order valence-electron chi connectivity index (χ4n) is 2.10. The van der Waals surface area contributed by atoms with Gasteiger partial charge in [-0.1, -0.05) is 0 Å². The van der Waals surface area contributed by atoms with Gasteiger partial charge in [0.2, 0.25) is 5.89 Å². The maximum absolute atomic E-state index is 12.0. The number of fused-ring (bicyclic) bond motifs is 1. The molecule has 0 atom stereocenters. The molecule has 7 heteroatoms. The van der Waals surface area contributed by atoms with Gasteiger partial charge in [0.05, 0.1) is 6.61 Å². The molecule has 25 heavy (non-hydrogen) atoms. The summed E-state index contributed by atoms with van der Waals surface area (Å²) < 4.78 is 10.8. The van der Waals surface area contributed by atoms with E-state index < -0.39 is 11.6 Å². The van der Waals surface area contributed by atoms with Gasteiger partial charge in [0.25, 0.3) is 0 Å². The van der Waals surface area contributed by atoms with Crippen LogP contribution in [0.3, 0.4) is 0 Å². The number of benzene rings is 1. The number of ether oxygens (including phenoxy) is 1. The summed E-state index contributed by atoms with van der Waals surface area (Å²) >= 11 is 0. The Morgan fingerprint density at radius 1 is 1.48 bits per heavy atom. The second-order valence-corrected chi connectivity index (χ2v) is 6.52. The molecule has 0 aliphatic carbocycles. The minimum atomic E-state index is -0.722. The Hall–Kier alpha value is -2.85. The molecule has 0 bridgehead atoms. The van der Waals surface area contributed by atoms with Gasteiger partial charge in [-0.25, -0.2) is 9.78 Å². The zero-order valence-electron chi connectivity index (χ0n) is 14.7. The molecule has 0 radical (unpaired) electrons. The highest BCUT2D eigenvalue weighted by Gasteiger charge is 2.20. The molecular formula is C18H21N3O4. The Bertz CT molecular complexity index is 840. The number of aliphatic hydroxyl groups is 1. The third kappa shape index (κ3) is 4.81. The first-order chi connectivity index (χ1) is 11.7. The molecule has 1 aromatic carbocycles. The average Bonchev–Trinajstić information content (AvgIpc) is 2.92. The van der Waals surface area contributed by atoms with Crippen molar-refractivity contribution in [1.82, 2.24) is 4.98 Å². The van der Waals surface area contributed by atoms with Gasteiger partial charge in [0.15, 0.2) is 5.58 Å². The van der Waals surface area contributed by atoms with E-state index in [1.54, 1.807) is 32.9 Å². The molecule has 0 saturated carbocycles. The van der Waals surface area contributed by atoms with Crippen LogP contribution in [-0.2, 0) is 9.53 Å². The number of nitriles is 1. The quantitative estimate of drug-likeness (QED) is 0.506. The normalized spacial score (nSPS) is 12.1. The van der Waals surface area contributed by atoms with Gasteiger partial charge < -0.3 is 19.2 Å². The van der Waals surface area contributed by atoms with E-state index in [-0.39, 0.29) is 18.1 Å². The van der Waals surface area contributed by atoms with E-state index in [2.05, 4.69) is 4.98 Å². The molecule has 2 rings (SSSR count). The molecule has 0 saturated heterocycles. The fraction of sp³-hybridized carbons (Fsp3) is 0.389. The minimum absolute atomic E-state index is 0.0420. The van der Waals surface area contributed by atoms with E-state index in [1.165, 1.54) is 6.08 Å². The summed E-state index contributed by atoms with van der Waals surface area (Å²) in [6.07, 6.45) is 1.27. The lowest BCUT2D eigenvalue weighted by molar-refractivity contribution is -0.149. The van der Waals surface area contributed by atoms with Crippen molar-refractivity contribution in [2.45, 2.75) is 26.4 Å². The molecule has 0 unspecified atom stereocenters. The summed E-state index contributed by atoms with van der Waals surface area (Å²) in [5.41, 5.74) is 1.12. The first kappa shape index (κ1) is 18.5. The number of hydrogen-bond donors (Lipinski definition) is 1. The topological polar surface area (TPSA) is 99.6 Å². The van der Waals surface area contributed by atoms with E-state index in [9.17, 15) is 10.1 Å². The van der Waals surface area contributed by atoms with Crippen molar-refractivity contribution in [1.29, 1.82) is 5.26 Å². The Balaban J connectivity index is 2.31. The Morgan fingerprint density at radius 2 is 2.20 bits per heavy atom. The van der Waals surface area contributed by atoms with Crippen LogP contribution in [-0.4, -0.2) is 41.9 Å². The highest BCUT2D eigenvalue weighted by Crippen LogP contribution is 2.23. The summed E-state index contributed by atoms with van der Waals surface area (Å²) in [7, 11) is 1.85. The number of aromatic nitrogens is 1. The maximum Gasteiger partial charge on any atom is 0.349 e. The van der Waals surface area contributed by atoms with Crippen molar-refractivity contribution in [2.75, 3.05) is 25.1 Å². The number of nitrogens with zero attached hydrogens (tertiary/aromatic N) is 3. The molecule has 0 fully saturated rings. The monoisotopic (exact) mass is 343 g/mol. The third-order valence-corrected chi connectivity index (χ3v) is 3.27. The highest BCUT2D eigenvalue weighted by molar-refractivity contribution is 5.97. The second kappa shape index (κ2) is 7.36. The van der Waals surface area contributed by atoms with Gasteiger partial charge in [0, 0.05) is 31.4 Å². The molecular weight excluding hydrogens is 322 g/mol. The van der Waals surface area contributed by atoms with Crippen LogP contribution < -0.4 is 4.90 Å². The molecule has 1 aromatic heterocycles. The zero-order valence-corrected chi connectivity index (χ0v) is 14.7. The summed E-state index contributed by atoms with van der Waals surface area (Å²) in [5.74, 6) is -0.569. The standard InChI is InChI=1S/C18H21N3O4/c1-18(2,3)25-17(23)12(11-19)9-16-20-14-6-5-13(10-15(14)24-16)21(4)7-8-22/h5-6,9-10,22H,7-8H2,1-4H3/b12-9+. The van der Waals surface area contributed by atoms with Crippen LogP contribution in [0.2, 0.25) is 0 Å². The predicted octanol–water partition coefficient (Wildman–Crippen LogP) is 2.50. The largest absolute Gasteiger partial charge is 0.456 e. The number of carbonyl (C=O) groups excluding carboxylic acids is 1. The van der Waals surface area contributed by atoms with E-state index in [0.717, 1.165) is 5.69 Å². The van der Waals surface area contributed by atoms with Crippen molar-refractivity contribution in [2.24, 2.45) is 0 Å². The Kier molecular flexibility index (Phi) is 5.45. The van der Waals surface area contributed by atoms with Gasteiger partial charge in [-0.2, -0.15) is 5.26 Å². The smallest absolute Gasteiger partial charge is 0.349 e. The van der Waals surface area contributed by atoms with Gasteiger partial charge in [-0.3, -0.25) is 0 Å². The lowest BCUT2D eigenvalue weighted by Gasteiger charge is -2.18. The SMILES string of the molecule is CN(CCO)c1ccc2nc(/C=C(\C#N)C(=O)OC(C)(C)C)oc2c1. The molecule has 0 aliphatic heterocycles. The van der Waals surface area contributed by atoms with Gasteiger partial charge in [-0.05, 0) is 32.9 Å². The zero-order chi connectivity index (χ0) is 18.6. The van der Waals surface area contributed by atoms with Crippen molar-refractivity contribution < 1.29 is 19.1 Å². The third-order valence-electron chi connectivity index (χ3n) is 3.27. The molecule has 0 amide bonds. The number of esters is 1. The molecule has 2 aromatic rings. The minimum Gasteiger partial charge on any atom is -0.456 e. The number of rotatable bonds is 5. The Morgan fingerprint density at radius 3 is 2.80 bits per heavy atom. The summed E-state index contributed by atoms with van der Waals surface area (Å²) in [6.45, 7) is 5.71. The lowest BCUT2D eigenvalue weighted by Crippen LogP contribution is -2.24. The number of likely N-dealkylation sites (N-methyl/N-ethyl adjacent to an activating group) is 1. The van der Waals surface area contributed by atoms with Crippen LogP contribution >= 0.6 is 0 Å². The first-order valence-corrected chi connectivity index (χ1v) is 7.81. The second-order valence-electron chi connectivity index (χ2n) is 6.52. The Labute approximate surface area is 146 Å². The number of anilines is 1. The van der Waals surface area contributed by atoms with Crippen LogP contribution in [0, 0.1) is 11.3 Å². The van der Waals surface area contributed by atoms with Crippen LogP contribution in [0.25, 0.3) is 17.2 Å². The molecule has 132 valence electrons. The van der Waals surface area contributed by atoms with Crippen LogP contribution in [0.15, 0.2) is 28.2 Å². The first-order valence-electron chi connectivity index (χ1n) is 7.81. The predicted molar refractivity (Wildman–Crippen MR) is 93.8 cm³/mol. The molecule has 0 spiro atoms. The van der Waals surface area contributed by atoms with Crippen LogP contribution in [0.1, 0.15) is 26.7 Å². The van der Waals surface area contributed by atoms with Gasteiger partial charge in [-0.15, -0.1) is 0 Å². The number of aliphatic hydroxyl groups excluding tert-OH is 1. The van der Waals surface area contributed by atoms with Crippen molar-refractivity contribution >= 4 is 28.8 Å². The summed E-state index contributed by atoms with van der Waals surface area (Å²) in [5, 5.41) is 18.2. The number of hydrogen-bond acceptors (Lipinski definition) is 7. The summed E-state index contributed by atoms with van der Waals surface area (Å²) in [6, 6.07) is 7.23. The van der Waals surface area contributed by atoms with Crippen LogP contribution in [0.5, 0.6) is 0 Å². The number of carbonyl (C=O) groups is 1. The lowest BCUT2D eigenvalue weighted by atomic mass is 10.2. The fourth-order valence-corrected chi connectivity index (χ4v) is 2.10. The van der Waals surface area contributed by atoms with E-state index in [1.807, 2.05) is 24.1 Å². The van der Waals surface area contributed by atoms with Crippen LogP contribution in [0.4, 0.5) is 5.69 Å². The van der Waals surface area contributed by atoms with E-state index in [0.29, 0.717) is 17.6 Å². The molecule has 7 nitrogen and oxygen atoms in total. The van der Waals surface area contributed by atoms with Crippen molar-refractivity contribution in [3.8, 4) is 6.07 Å². The maximum atomic E-state index is 12.0. The van der Waals surface area contributed by atoms with E-state index in [4.69, 9.17) is 14.3 Å². The average molecular weight is 343 g/mol. The van der Waals surface area contributed by atoms with E-state index >= 15 is 0 Å².